The average Bonchev–Trinajstić information content (AvgIpc) is 2.36. The van der Waals surface area contributed by atoms with E-state index in [9.17, 15) is 0 Å². The summed E-state index contributed by atoms with van der Waals surface area (Å²) in [5, 5.41) is 12.4. The van der Waals surface area contributed by atoms with Crippen molar-refractivity contribution < 1.29 is 5.11 Å². The van der Waals surface area contributed by atoms with Crippen molar-refractivity contribution in [2.75, 3.05) is 11.9 Å². The van der Waals surface area contributed by atoms with Crippen LogP contribution in [0.5, 0.6) is 0 Å². The molecule has 0 aliphatic rings. The summed E-state index contributed by atoms with van der Waals surface area (Å²) in [6.45, 7) is 4.72. The lowest BCUT2D eigenvalue weighted by Crippen LogP contribution is -2.17. The predicted molar refractivity (Wildman–Crippen MR) is 74.5 cm³/mol. The van der Waals surface area contributed by atoms with Crippen LogP contribution in [-0.4, -0.2) is 17.8 Å². The lowest BCUT2D eigenvalue weighted by atomic mass is 10.1. The molecule has 96 valence electrons. The van der Waals surface area contributed by atoms with Crippen LogP contribution in [0, 0.1) is 0 Å². The van der Waals surface area contributed by atoms with Gasteiger partial charge in [0, 0.05) is 18.3 Å². The molecule has 1 aromatic rings. The largest absolute Gasteiger partial charge is 0.396 e. The Labute approximate surface area is 105 Å². The predicted octanol–water partition coefficient (Wildman–Crippen LogP) is 3.60. The third kappa shape index (κ3) is 5.22. The first kappa shape index (κ1) is 14.0. The maximum atomic E-state index is 8.83. The van der Waals surface area contributed by atoms with Crippen molar-refractivity contribution in [3.8, 4) is 0 Å². The van der Waals surface area contributed by atoms with E-state index in [1.807, 2.05) is 0 Å². The molecule has 1 aromatic carbocycles. The van der Waals surface area contributed by atoms with Crippen LogP contribution in [0.3, 0.4) is 0 Å². The zero-order valence-corrected chi connectivity index (χ0v) is 11.1. The van der Waals surface area contributed by atoms with Crippen LogP contribution in [-0.2, 0) is 6.42 Å². The second kappa shape index (κ2) is 8.13. The van der Waals surface area contributed by atoms with Gasteiger partial charge >= 0.3 is 0 Å². The minimum absolute atomic E-state index is 0.269. The SMILES string of the molecule is CCCC(CC)Nc1cccc(CCCO)c1. The molecule has 0 aliphatic heterocycles. The molecule has 0 saturated carbocycles. The number of hydrogen-bond donors (Lipinski definition) is 2. The number of benzene rings is 1. The smallest absolute Gasteiger partial charge is 0.0434 e. The Kier molecular flexibility index (Phi) is 6.71. The van der Waals surface area contributed by atoms with Gasteiger partial charge in [0.25, 0.3) is 0 Å². The minimum atomic E-state index is 0.269. The molecule has 2 nitrogen and oxygen atoms in total. The highest BCUT2D eigenvalue weighted by Gasteiger charge is 2.04. The van der Waals surface area contributed by atoms with Gasteiger partial charge < -0.3 is 10.4 Å². The fourth-order valence-corrected chi connectivity index (χ4v) is 2.06. The van der Waals surface area contributed by atoms with Crippen molar-refractivity contribution in [1.82, 2.24) is 0 Å². The topological polar surface area (TPSA) is 32.3 Å². The molecule has 2 N–H and O–H groups in total. The zero-order chi connectivity index (χ0) is 12.5. The highest BCUT2D eigenvalue weighted by molar-refractivity contribution is 5.46. The summed E-state index contributed by atoms with van der Waals surface area (Å²) in [5.41, 5.74) is 2.51. The average molecular weight is 235 g/mol. The maximum absolute atomic E-state index is 8.83. The van der Waals surface area contributed by atoms with Gasteiger partial charge in [-0.3, -0.25) is 0 Å². The Morgan fingerprint density at radius 2 is 2.12 bits per heavy atom. The molecule has 0 radical (unpaired) electrons. The fraction of sp³-hybridized carbons (Fsp3) is 0.600. The Balaban J connectivity index is 2.57. The summed E-state index contributed by atoms with van der Waals surface area (Å²) in [6.07, 6.45) is 5.40. The summed E-state index contributed by atoms with van der Waals surface area (Å²) in [6, 6.07) is 9.12. The molecule has 0 bridgehead atoms. The number of hydrogen-bond acceptors (Lipinski definition) is 2. The van der Waals surface area contributed by atoms with E-state index < -0.39 is 0 Å². The second-order valence-corrected chi connectivity index (χ2v) is 4.57. The first-order chi connectivity index (χ1) is 8.30. The van der Waals surface area contributed by atoms with Crippen molar-refractivity contribution in [2.45, 2.75) is 52.0 Å². The maximum Gasteiger partial charge on any atom is 0.0434 e. The first-order valence-electron chi connectivity index (χ1n) is 6.76. The molecule has 2 heteroatoms. The van der Waals surface area contributed by atoms with Crippen molar-refractivity contribution in [3.05, 3.63) is 29.8 Å². The summed E-state index contributed by atoms with van der Waals surface area (Å²) in [5.74, 6) is 0. The molecular weight excluding hydrogens is 210 g/mol. The normalized spacial score (nSPS) is 12.4. The van der Waals surface area contributed by atoms with Crippen LogP contribution >= 0.6 is 0 Å². The third-order valence-electron chi connectivity index (χ3n) is 3.05. The Bertz CT molecular complexity index is 312. The van der Waals surface area contributed by atoms with Crippen LogP contribution in [0.1, 0.15) is 45.1 Å². The Morgan fingerprint density at radius 1 is 1.29 bits per heavy atom. The van der Waals surface area contributed by atoms with E-state index in [4.69, 9.17) is 5.11 Å². The molecule has 0 fully saturated rings. The molecule has 0 aliphatic carbocycles. The summed E-state index contributed by atoms with van der Waals surface area (Å²) < 4.78 is 0. The van der Waals surface area contributed by atoms with E-state index in [0.29, 0.717) is 6.04 Å². The van der Waals surface area contributed by atoms with Gasteiger partial charge in [0.2, 0.25) is 0 Å². The highest BCUT2D eigenvalue weighted by atomic mass is 16.2. The van der Waals surface area contributed by atoms with Gasteiger partial charge in [0.05, 0.1) is 0 Å². The number of aryl methyl sites for hydroxylation is 1. The molecule has 0 spiro atoms. The number of rotatable bonds is 8. The van der Waals surface area contributed by atoms with E-state index in [1.165, 1.54) is 24.1 Å². The number of aliphatic hydroxyl groups excluding tert-OH is 1. The van der Waals surface area contributed by atoms with Crippen LogP contribution in [0.25, 0.3) is 0 Å². The molecule has 1 unspecified atom stereocenters. The van der Waals surface area contributed by atoms with Crippen LogP contribution in [0.2, 0.25) is 0 Å². The van der Waals surface area contributed by atoms with E-state index in [2.05, 4.69) is 43.4 Å². The molecule has 0 heterocycles. The van der Waals surface area contributed by atoms with Gasteiger partial charge in [-0.15, -0.1) is 0 Å². The van der Waals surface area contributed by atoms with Crippen LogP contribution in [0.15, 0.2) is 24.3 Å². The third-order valence-corrected chi connectivity index (χ3v) is 3.05. The molecule has 0 aromatic heterocycles. The quantitative estimate of drug-likeness (QED) is 0.721. The Morgan fingerprint density at radius 3 is 2.76 bits per heavy atom. The number of aliphatic hydroxyl groups is 1. The molecular formula is C15H25NO. The van der Waals surface area contributed by atoms with E-state index in [-0.39, 0.29) is 6.61 Å². The molecule has 0 saturated heterocycles. The standard InChI is InChI=1S/C15H25NO/c1-3-7-14(4-2)16-15-10-5-8-13(12-15)9-6-11-17/h5,8,10,12,14,16-17H,3-4,6-7,9,11H2,1-2H3. The van der Waals surface area contributed by atoms with Gasteiger partial charge in [-0.25, -0.2) is 0 Å². The number of nitrogens with one attached hydrogen (secondary N) is 1. The minimum Gasteiger partial charge on any atom is -0.396 e. The van der Waals surface area contributed by atoms with E-state index in [1.54, 1.807) is 0 Å². The van der Waals surface area contributed by atoms with Crippen LogP contribution in [0.4, 0.5) is 5.69 Å². The molecule has 0 amide bonds. The van der Waals surface area contributed by atoms with Gasteiger partial charge in [-0.1, -0.05) is 32.4 Å². The van der Waals surface area contributed by atoms with E-state index >= 15 is 0 Å². The monoisotopic (exact) mass is 235 g/mol. The fourth-order valence-electron chi connectivity index (χ4n) is 2.06. The van der Waals surface area contributed by atoms with E-state index in [0.717, 1.165) is 19.3 Å². The van der Waals surface area contributed by atoms with Gasteiger partial charge in [-0.05, 0) is 43.4 Å². The van der Waals surface area contributed by atoms with Crippen LogP contribution < -0.4 is 5.32 Å². The van der Waals surface area contributed by atoms with Gasteiger partial charge in [0.1, 0.15) is 0 Å². The summed E-state index contributed by atoms with van der Waals surface area (Å²) in [7, 11) is 0. The second-order valence-electron chi connectivity index (χ2n) is 4.57. The van der Waals surface area contributed by atoms with Crippen molar-refractivity contribution >= 4 is 5.69 Å². The van der Waals surface area contributed by atoms with Crippen molar-refractivity contribution in [2.24, 2.45) is 0 Å². The number of anilines is 1. The lowest BCUT2D eigenvalue weighted by molar-refractivity contribution is 0.288. The van der Waals surface area contributed by atoms with Crippen molar-refractivity contribution in [3.63, 3.8) is 0 Å². The summed E-state index contributed by atoms with van der Waals surface area (Å²) >= 11 is 0. The molecule has 1 rings (SSSR count). The zero-order valence-electron chi connectivity index (χ0n) is 11.1. The summed E-state index contributed by atoms with van der Waals surface area (Å²) in [4.78, 5) is 0. The van der Waals surface area contributed by atoms with Crippen molar-refractivity contribution in [1.29, 1.82) is 0 Å². The first-order valence-corrected chi connectivity index (χ1v) is 6.76. The lowest BCUT2D eigenvalue weighted by Gasteiger charge is -2.18. The molecule has 17 heavy (non-hydrogen) atoms. The van der Waals surface area contributed by atoms with Gasteiger partial charge in [0.15, 0.2) is 0 Å². The highest BCUT2D eigenvalue weighted by Crippen LogP contribution is 2.16. The molecule has 1 atom stereocenters. The van der Waals surface area contributed by atoms with Gasteiger partial charge in [-0.2, -0.15) is 0 Å². The Hall–Kier alpha value is -1.02.